The number of hydrogen-bond donors (Lipinski definition) is 0. The number of benzene rings is 3. The van der Waals surface area contributed by atoms with Crippen molar-refractivity contribution in [1.82, 2.24) is 0 Å². The Morgan fingerprint density at radius 2 is 1.07 bits per heavy atom. The van der Waals surface area contributed by atoms with Gasteiger partial charge in [0.1, 0.15) is 5.75 Å². The topological polar surface area (TPSA) is 34.0 Å². The Hall–Kier alpha value is -3.64. The van der Waals surface area contributed by atoms with Crippen molar-refractivity contribution in [2.75, 3.05) is 6.61 Å². The van der Waals surface area contributed by atoms with Crippen molar-refractivity contribution < 1.29 is 4.74 Å². The van der Waals surface area contributed by atoms with Crippen molar-refractivity contribution in [3.05, 3.63) is 88.5 Å². The summed E-state index contributed by atoms with van der Waals surface area (Å²) >= 11 is 0. The molecule has 0 fully saturated rings. The van der Waals surface area contributed by atoms with Crippen LogP contribution in [0.5, 0.6) is 5.75 Å². The lowest BCUT2D eigenvalue weighted by atomic mass is 9.86. The molecule has 0 aliphatic rings. The third-order valence-electron chi connectivity index (χ3n) is 8.17. The molecule has 0 amide bonds. The molecule has 0 N–H and O–H groups in total. The molecule has 240 valence electrons. The van der Waals surface area contributed by atoms with Crippen LogP contribution < -0.4 is 4.74 Å². The van der Waals surface area contributed by atoms with Crippen molar-refractivity contribution in [1.29, 1.82) is 0 Å². The normalized spacial score (nSPS) is 12.2. The van der Waals surface area contributed by atoms with Crippen LogP contribution in [-0.4, -0.2) is 19.0 Å². The van der Waals surface area contributed by atoms with E-state index >= 15 is 0 Å². The molecule has 0 saturated heterocycles. The Morgan fingerprint density at radius 1 is 0.644 bits per heavy atom. The highest BCUT2D eigenvalue weighted by Gasteiger charge is 2.19. The van der Waals surface area contributed by atoms with E-state index in [4.69, 9.17) is 21.1 Å². The second kappa shape index (κ2) is 17.7. The summed E-state index contributed by atoms with van der Waals surface area (Å²) in [7, 11) is 0. The van der Waals surface area contributed by atoms with Crippen LogP contribution in [0, 0.1) is 12.3 Å². The summed E-state index contributed by atoms with van der Waals surface area (Å²) in [5.41, 5.74) is 6.75. The molecular formula is C42H56N2O. The maximum atomic E-state index is 6.56. The van der Waals surface area contributed by atoms with Crippen molar-refractivity contribution in [3.8, 4) is 18.1 Å². The molecule has 0 radical (unpaired) electrons. The Kier molecular flexibility index (Phi) is 14.1. The van der Waals surface area contributed by atoms with Gasteiger partial charge in [-0.3, -0.25) is 9.98 Å². The maximum absolute atomic E-state index is 6.56. The van der Waals surface area contributed by atoms with Crippen LogP contribution in [0.2, 0.25) is 0 Å². The molecule has 0 aliphatic carbocycles. The SMILES string of the molecule is C#Cc1cc(C=Nc2ccccc2C(C)(C)C)c(OCCCCCCCCCCCC)c(C=Nc2ccccc2C(C)(C)C)c1. The van der Waals surface area contributed by atoms with Crippen LogP contribution in [0.25, 0.3) is 0 Å². The molecular weight excluding hydrogens is 548 g/mol. The molecule has 0 atom stereocenters. The molecule has 0 aromatic heterocycles. The highest BCUT2D eigenvalue weighted by atomic mass is 16.5. The van der Waals surface area contributed by atoms with Gasteiger partial charge in [-0.05, 0) is 52.6 Å². The van der Waals surface area contributed by atoms with Gasteiger partial charge in [-0.25, -0.2) is 0 Å². The average Bonchev–Trinajstić information content (AvgIpc) is 3.01. The molecule has 0 aliphatic heterocycles. The number of para-hydroxylation sites is 2. The van der Waals surface area contributed by atoms with Crippen molar-refractivity contribution in [2.45, 2.75) is 124 Å². The summed E-state index contributed by atoms with van der Waals surface area (Å²) < 4.78 is 6.56. The minimum Gasteiger partial charge on any atom is -0.492 e. The second-order valence-corrected chi connectivity index (χ2v) is 14.2. The summed E-state index contributed by atoms with van der Waals surface area (Å²) in [5.74, 6) is 3.61. The van der Waals surface area contributed by atoms with Gasteiger partial charge in [-0.15, -0.1) is 6.42 Å². The molecule has 3 rings (SSSR count). The van der Waals surface area contributed by atoms with E-state index in [-0.39, 0.29) is 10.8 Å². The van der Waals surface area contributed by atoms with Gasteiger partial charge < -0.3 is 4.74 Å². The van der Waals surface area contributed by atoms with Crippen LogP contribution in [0.4, 0.5) is 11.4 Å². The highest BCUT2D eigenvalue weighted by Crippen LogP contribution is 2.34. The zero-order valence-corrected chi connectivity index (χ0v) is 29.1. The van der Waals surface area contributed by atoms with E-state index in [1.807, 2.05) is 36.7 Å². The molecule has 0 spiro atoms. The van der Waals surface area contributed by atoms with E-state index in [0.29, 0.717) is 6.61 Å². The Bertz CT molecular complexity index is 1350. The highest BCUT2D eigenvalue weighted by molar-refractivity contribution is 5.94. The fourth-order valence-corrected chi connectivity index (χ4v) is 5.60. The molecule has 3 heteroatoms. The van der Waals surface area contributed by atoms with Crippen molar-refractivity contribution >= 4 is 23.8 Å². The van der Waals surface area contributed by atoms with Crippen LogP contribution in [0.15, 0.2) is 70.6 Å². The van der Waals surface area contributed by atoms with Gasteiger partial charge in [-0.2, -0.15) is 0 Å². The first-order valence-corrected chi connectivity index (χ1v) is 17.1. The lowest BCUT2D eigenvalue weighted by Crippen LogP contribution is -2.11. The van der Waals surface area contributed by atoms with Gasteiger partial charge in [0, 0.05) is 29.1 Å². The molecule has 45 heavy (non-hydrogen) atoms. The minimum absolute atomic E-state index is 0.0261. The van der Waals surface area contributed by atoms with E-state index in [2.05, 4.69) is 90.8 Å². The maximum Gasteiger partial charge on any atom is 0.136 e. The molecule has 0 unspecified atom stereocenters. The van der Waals surface area contributed by atoms with E-state index < -0.39 is 0 Å². The van der Waals surface area contributed by atoms with Crippen LogP contribution >= 0.6 is 0 Å². The van der Waals surface area contributed by atoms with Crippen molar-refractivity contribution in [2.24, 2.45) is 9.98 Å². The first-order chi connectivity index (χ1) is 21.5. The lowest BCUT2D eigenvalue weighted by Gasteiger charge is -2.21. The zero-order chi connectivity index (χ0) is 32.7. The standard InChI is InChI=1S/C42H56N2O/c1-9-11-12-13-14-15-16-17-18-23-28-45-40-34(31-43-38-26-21-19-24-36(38)41(3,4)5)29-33(10-2)30-35(40)32-44-39-27-22-20-25-37(39)42(6,7)8/h2,19-22,24-27,29-32H,9,11-18,23,28H2,1,3-8H3. The van der Waals surface area contributed by atoms with Gasteiger partial charge >= 0.3 is 0 Å². The number of rotatable bonds is 16. The van der Waals surface area contributed by atoms with Gasteiger partial charge in [0.2, 0.25) is 0 Å². The molecule has 3 aromatic carbocycles. The average molecular weight is 605 g/mol. The third kappa shape index (κ3) is 11.7. The summed E-state index contributed by atoms with van der Waals surface area (Å²) in [6.45, 7) is 16.2. The number of unbranched alkanes of at least 4 members (excludes halogenated alkanes) is 9. The molecule has 0 bridgehead atoms. The first kappa shape index (κ1) is 35.8. The van der Waals surface area contributed by atoms with Gasteiger partial charge in [0.25, 0.3) is 0 Å². The number of hydrogen-bond acceptors (Lipinski definition) is 3. The van der Waals surface area contributed by atoms with Crippen molar-refractivity contribution in [3.63, 3.8) is 0 Å². The molecule has 3 aromatic rings. The van der Waals surface area contributed by atoms with E-state index in [1.54, 1.807) is 0 Å². The van der Waals surface area contributed by atoms with Crippen LogP contribution in [0.3, 0.4) is 0 Å². The number of terminal acetylenes is 1. The first-order valence-electron chi connectivity index (χ1n) is 17.1. The predicted molar refractivity (Wildman–Crippen MR) is 197 cm³/mol. The lowest BCUT2D eigenvalue weighted by molar-refractivity contribution is 0.303. The van der Waals surface area contributed by atoms with Gasteiger partial charge in [-0.1, -0.05) is 149 Å². The zero-order valence-electron chi connectivity index (χ0n) is 29.1. The molecule has 3 nitrogen and oxygen atoms in total. The van der Waals surface area contributed by atoms with Crippen LogP contribution in [-0.2, 0) is 10.8 Å². The molecule has 0 saturated carbocycles. The Morgan fingerprint density at radius 3 is 1.49 bits per heavy atom. The third-order valence-corrected chi connectivity index (χ3v) is 8.17. The van der Waals surface area contributed by atoms with E-state index in [9.17, 15) is 0 Å². The number of nitrogens with zero attached hydrogens (tertiary/aromatic N) is 2. The quantitative estimate of drug-likeness (QED) is 0.0909. The molecule has 0 heterocycles. The predicted octanol–water partition coefficient (Wildman–Crippen LogP) is 12.1. The Balaban J connectivity index is 1.88. The largest absolute Gasteiger partial charge is 0.492 e. The van der Waals surface area contributed by atoms with E-state index in [1.165, 1.54) is 68.9 Å². The summed E-state index contributed by atoms with van der Waals surface area (Å²) in [5, 5.41) is 0. The summed E-state index contributed by atoms with van der Waals surface area (Å²) in [6.07, 6.45) is 22.6. The van der Waals surface area contributed by atoms with E-state index in [0.717, 1.165) is 40.2 Å². The van der Waals surface area contributed by atoms with Gasteiger partial charge in [0.15, 0.2) is 0 Å². The minimum atomic E-state index is -0.0261. The number of ether oxygens (including phenoxy) is 1. The summed E-state index contributed by atoms with van der Waals surface area (Å²) in [4.78, 5) is 9.94. The number of aliphatic imine (C=N–C) groups is 2. The monoisotopic (exact) mass is 604 g/mol. The second-order valence-electron chi connectivity index (χ2n) is 14.2. The van der Waals surface area contributed by atoms with Crippen LogP contribution in [0.1, 0.15) is 140 Å². The fourth-order valence-electron chi connectivity index (χ4n) is 5.60. The summed E-state index contributed by atoms with van der Waals surface area (Å²) in [6, 6.07) is 20.6. The fraction of sp³-hybridized carbons (Fsp3) is 0.476. The Labute approximate surface area is 274 Å². The van der Waals surface area contributed by atoms with Gasteiger partial charge in [0.05, 0.1) is 18.0 Å². The smallest absolute Gasteiger partial charge is 0.136 e.